The fraction of sp³-hybridized carbons (Fsp3) is 0.409. The Morgan fingerprint density at radius 3 is 2.59 bits per heavy atom. The molecular formula is C22H27NO4. The minimum atomic E-state index is -1.04. The second-order valence-electron chi connectivity index (χ2n) is 8.02. The number of ether oxygens (including phenoxy) is 2. The molecule has 2 unspecified atom stereocenters. The van der Waals surface area contributed by atoms with Crippen LogP contribution in [0, 0.1) is 0 Å². The quantitative estimate of drug-likeness (QED) is 0.830. The molecule has 2 N–H and O–H groups in total. The van der Waals surface area contributed by atoms with Crippen LogP contribution in [0.4, 0.5) is 4.79 Å². The zero-order valence-corrected chi connectivity index (χ0v) is 16.3. The highest BCUT2D eigenvalue weighted by molar-refractivity contribution is 5.65. The van der Waals surface area contributed by atoms with Crippen LogP contribution in [0.3, 0.4) is 0 Å². The van der Waals surface area contributed by atoms with E-state index < -0.39 is 6.09 Å². The Bertz CT molecular complexity index is 811. The maximum absolute atomic E-state index is 11.4. The minimum absolute atomic E-state index is 0.108. The van der Waals surface area contributed by atoms with Crippen LogP contribution in [0.25, 0.3) is 0 Å². The molecule has 1 aliphatic heterocycles. The summed E-state index contributed by atoms with van der Waals surface area (Å²) in [5, 5.41) is 12.0. The van der Waals surface area contributed by atoms with Gasteiger partial charge < -0.3 is 19.9 Å². The number of carboxylic acid groups (broad SMARTS) is 1. The van der Waals surface area contributed by atoms with E-state index in [4.69, 9.17) is 9.47 Å². The van der Waals surface area contributed by atoms with Crippen LogP contribution in [-0.2, 0) is 18.3 Å². The third kappa shape index (κ3) is 4.35. The van der Waals surface area contributed by atoms with Crippen LogP contribution < -0.4 is 14.8 Å². The normalized spacial score (nSPS) is 17.0. The summed E-state index contributed by atoms with van der Waals surface area (Å²) in [6.07, 6.45) is -0.0742. The molecule has 5 nitrogen and oxygen atoms in total. The highest BCUT2D eigenvalue weighted by Gasteiger charge is 2.35. The van der Waals surface area contributed by atoms with Crippen molar-refractivity contribution >= 4 is 6.09 Å². The number of methoxy groups -OCH3 is 1. The van der Waals surface area contributed by atoms with Gasteiger partial charge in [-0.15, -0.1) is 0 Å². The van der Waals surface area contributed by atoms with Gasteiger partial charge in [-0.2, -0.15) is 0 Å². The highest BCUT2D eigenvalue weighted by atomic mass is 16.5. The van der Waals surface area contributed by atoms with Crippen molar-refractivity contribution in [1.29, 1.82) is 0 Å². The van der Waals surface area contributed by atoms with Crippen molar-refractivity contribution in [3.8, 4) is 11.5 Å². The topological polar surface area (TPSA) is 67.8 Å². The lowest BCUT2D eigenvalue weighted by molar-refractivity contribution is 0.152. The van der Waals surface area contributed by atoms with Crippen molar-refractivity contribution < 1.29 is 19.4 Å². The molecule has 5 heteroatoms. The van der Waals surface area contributed by atoms with E-state index >= 15 is 0 Å². The monoisotopic (exact) mass is 369 g/mol. The van der Waals surface area contributed by atoms with Crippen molar-refractivity contribution in [2.75, 3.05) is 7.11 Å². The van der Waals surface area contributed by atoms with Gasteiger partial charge in [0.2, 0.25) is 0 Å². The Morgan fingerprint density at radius 2 is 2.00 bits per heavy atom. The molecule has 0 fully saturated rings. The van der Waals surface area contributed by atoms with Crippen LogP contribution in [0.15, 0.2) is 42.5 Å². The Hall–Kier alpha value is -2.69. The lowest BCUT2D eigenvalue weighted by Gasteiger charge is -2.26. The number of fused-ring (bicyclic) bond motifs is 1. The molecule has 0 bridgehead atoms. The van der Waals surface area contributed by atoms with E-state index in [2.05, 4.69) is 26.1 Å². The number of hydrogen-bond donors (Lipinski definition) is 2. The third-order valence-corrected chi connectivity index (χ3v) is 4.93. The van der Waals surface area contributed by atoms with Gasteiger partial charge in [-0.25, -0.2) is 4.79 Å². The molecule has 0 radical (unpaired) electrons. The fourth-order valence-corrected chi connectivity index (χ4v) is 3.56. The van der Waals surface area contributed by atoms with Gasteiger partial charge in [0.05, 0.1) is 13.2 Å². The van der Waals surface area contributed by atoms with Gasteiger partial charge in [0.15, 0.2) is 0 Å². The van der Waals surface area contributed by atoms with E-state index in [-0.39, 0.29) is 17.6 Å². The highest BCUT2D eigenvalue weighted by Crippen LogP contribution is 2.42. The first-order valence-corrected chi connectivity index (χ1v) is 9.19. The Labute approximate surface area is 160 Å². The number of nitrogens with one attached hydrogen (secondary N) is 1. The van der Waals surface area contributed by atoms with Crippen molar-refractivity contribution in [2.24, 2.45) is 0 Å². The van der Waals surface area contributed by atoms with Crippen molar-refractivity contribution in [2.45, 2.75) is 51.2 Å². The van der Waals surface area contributed by atoms with E-state index in [0.29, 0.717) is 12.8 Å². The number of hydrogen-bond acceptors (Lipinski definition) is 3. The van der Waals surface area contributed by atoms with E-state index in [1.807, 2.05) is 42.5 Å². The summed E-state index contributed by atoms with van der Waals surface area (Å²) in [5.74, 6) is 1.66. The van der Waals surface area contributed by atoms with Crippen LogP contribution in [0.5, 0.6) is 11.5 Å². The van der Waals surface area contributed by atoms with Crippen molar-refractivity contribution in [1.82, 2.24) is 5.32 Å². The lowest BCUT2D eigenvalue weighted by Crippen LogP contribution is -2.46. The molecule has 3 rings (SSSR count). The predicted octanol–water partition coefficient (Wildman–Crippen LogP) is 4.18. The summed E-state index contributed by atoms with van der Waals surface area (Å²) in [6, 6.07) is 13.5. The molecule has 0 saturated carbocycles. The molecule has 0 aliphatic carbocycles. The average molecular weight is 369 g/mol. The summed E-state index contributed by atoms with van der Waals surface area (Å²) in [4.78, 5) is 11.4. The summed E-state index contributed by atoms with van der Waals surface area (Å²) in [5.41, 5.74) is 3.11. The molecule has 2 aromatic carbocycles. The zero-order valence-electron chi connectivity index (χ0n) is 16.3. The summed E-state index contributed by atoms with van der Waals surface area (Å²) in [7, 11) is 1.66. The first-order chi connectivity index (χ1) is 12.8. The van der Waals surface area contributed by atoms with E-state index in [0.717, 1.165) is 28.2 Å². The largest absolute Gasteiger partial charge is 0.497 e. The first kappa shape index (κ1) is 19.1. The Balaban J connectivity index is 1.90. The smallest absolute Gasteiger partial charge is 0.405 e. The van der Waals surface area contributed by atoms with E-state index in [1.54, 1.807) is 7.11 Å². The second-order valence-corrected chi connectivity index (χ2v) is 8.02. The first-order valence-electron chi connectivity index (χ1n) is 9.19. The van der Waals surface area contributed by atoms with Crippen LogP contribution >= 0.6 is 0 Å². The van der Waals surface area contributed by atoms with Crippen LogP contribution in [-0.4, -0.2) is 30.5 Å². The lowest BCUT2D eigenvalue weighted by atomic mass is 9.85. The molecule has 1 amide bonds. The maximum Gasteiger partial charge on any atom is 0.405 e. The molecule has 0 spiro atoms. The van der Waals surface area contributed by atoms with Gasteiger partial charge in [0, 0.05) is 17.5 Å². The Kier molecular flexibility index (Phi) is 5.31. The zero-order chi connectivity index (χ0) is 19.6. The van der Waals surface area contributed by atoms with Gasteiger partial charge in [0.1, 0.15) is 17.6 Å². The molecule has 1 aliphatic rings. The van der Waals surface area contributed by atoms with Gasteiger partial charge in [0.25, 0.3) is 0 Å². The number of carbonyl (C=O) groups is 1. The van der Waals surface area contributed by atoms with E-state index in [1.165, 1.54) is 0 Å². The summed E-state index contributed by atoms with van der Waals surface area (Å²) in [6.45, 7) is 6.40. The third-order valence-electron chi connectivity index (χ3n) is 4.93. The van der Waals surface area contributed by atoms with Gasteiger partial charge in [-0.3, -0.25) is 0 Å². The van der Waals surface area contributed by atoms with Gasteiger partial charge >= 0.3 is 6.09 Å². The maximum atomic E-state index is 11.4. The molecular weight excluding hydrogens is 342 g/mol. The summed E-state index contributed by atoms with van der Waals surface area (Å²) < 4.78 is 11.8. The van der Waals surface area contributed by atoms with Crippen LogP contribution in [0.1, 0.15) is 37.5 Å². The van der Waals surface area contributed by atoms with Crippen molar-refractivity contribution in [3.63, 3.8) is 0 Å². The molecule has 2 aromatic rings. The molecule has 1 heterocycles. The molecule has 0 saturated heterocycles. The number of rotatable bonds is 5. The standard InChI is InChI=1S/C22H27NO4/c1-22(2,3)17-13-16(26-4)11-15-12-19(27-20(15)17)18(23-21(24)25)10-14-8-6-5-7-9-14/h5-9,11,13,18-19,23H,10,12H2,1-4H3,(H,24,25). The Morgan fingerprint density at radius 1 is 1.30 bits per heavy atom. The SMILES string of the molecule is COc1cc2c(c(C(C)(C)C)c1)OC(C(Cc1ccccc1)NC(=O)O)C2. The van der Waals surface area contributed by atoms with E-state index in [9.17, 15) is 9.90 Å². The number of benzene rings is 2. The minimum Gasteiger partial charge on any atom is -0.497 e. The van der Waals surface area contributed by atoms with Gasteiger partial charge in [-0.1, -0.05) is 51.1 Å². The fourth-order valence-electron chi connectivity index (χ4n) is 3.56. The molecule has 2 atom stereocenters. The predicted molar refractivity (Wildman–Crippen MR) is 105 cm³/mol. The number of amides is 1. The van der Waals surface area contributed by atoms with Crippen LogP contribution in [0.2, 0.25) is 0 Å². The average Bonchev–Trinajstić information content (AvgIpc) is 3.03. The van der Waals surface area contributed by atoms with Gasteiger partial charge in [-0.05, 0) is 29.5 Å². The second kappa shape index (κ2) is 7.51. The molecule has 27 heavy (non-hydrogen) atoms. The summed E-state index contributed by atoms with van der Waals surface area (Å²) >= 11 is 0. The molecule has 0 aromatic heterocycles. The molecule has 144 valence electrons. The van der Waals surface area contributed by atoms with Crippen molar-refractivity contribution in [3.05, 3.63) is 59.2 Å².